The zero-order chi connectivity index (χ0) is 5.82. The third-order valence-corrected chi connectivity index (χ3v) is 1.32. The van der Waals surface area contributed by atoms with E-state index in [-0.39, 0.29) is 0 Å². The molecule has 0 bridgehead atoms. The van der Waals surface area contributed by atoms with Crippen molar-refractivity contribution < 1.29 is 0 Å². The minimum Gasteiger partial charge on any atom is -0.386 e. The van der Waals surface area contributed by atoms with Gasteiger partial charge >= 0.3 is 0 Å². The molecule has 1 heterocycles. The van der Waals surface area contributed by atoms with E-state index in [0.717, 1.165) is 18.8 Å². The number of hydrogen-bond acceptors (Lipinski definition) is 2. The second-order valence-corrected chi connectivity index (χ2v) is 2.08. The molecule has 0 aromatic heterocycles. The second kappa shape index (κ2) is 2.60. The predicted molar refractivity (Wildman–Crippen MR) is 34.1 cm³/mol. The van der Waals surface area contributed by atoms with E-state index in [1.165, 1.54) is 12.8 Å². The Hall–Kier alpha value is -0.660. The first-order valence-electron chi connectivity index (χ1n) is 3.09. The summed E-state index contributed by atoms with van der Waals surface area (Å²) in [4.78, 5) is 0. The van der Waals surface area contributed by atoms with Gasteiger partial charge < -0.3 is 11.1 Å². The van der Waals surface area contributed by atoms with Gasteiger partial charge in [-0.05, 0) is 25.3 Å². The van der Waals surface area contributed by atoms with Crippen LogP contribution in [0.1, 0.15) is 19.3 Å². The fraction of sp³-hybridized carbons (Fsp3) is 0.667. The van der Waals surface area contributed by atoms with Gasteiger partial charge in [0.25, 0.3) is 0 Å². The molecule has 1 aliphatic heterocycles. The normalized spacial score (nSPS) is 20.8. The molecule has 3 N–H and O–H groups in total. The van der Waals surface area contributed by atoms with Gasteiger partial charge in [0.1, 0.15) is 0 Å². The fourth-order valence-corrected chi connectivity index (χ4v) is 0.832. The summed E-state index contributed by atoms with van der Waals surface area (Å²) in [5, 5.41) is 3.08. The minimum atomic E-state index is 0.850. The molecule has 0 unspecified atom stereocenters. The zero-order valence-corrected chi connectivity index (χ0v) is 4.98. The number of nitrogens with one attached hydrogen (secondary N) is 1. The van der Waals surface area contributed by atoms with Crippen LogP contribution in [0.2, 0.25) is 0 Å². The third-order valence-electron chi connectivity index (χ3n) is 1.32. The maximum Gasteiger partial charge on any atom is 0.0918 e. The van der Waals surface area contributed by atoms with Crippen molar-refractivity contribution in [1.29, 1.82) is 0 Å². The molecule has 0 aromatic rings. The Morgan fingerprint density at radius 2 is 2.38 bits per heavy atom. The molecule has 2 nitrogen and oxygen atoms in total. The minimum absolute atomic E-state index is 0.850. The van der Waals surface area contributed by atoms with Gasteiger partial charge in [0.2, 0.25) is 0 Å². The van der Waals surface area contributed by atoms with E-state index in [0.29, 0.717) is 0 Å². The van der Waals surface area contributed by atoms with Crippen molar-refractivity contribution in [3.05, 3.63) is 11.9 Å². The standard InChI is InChI=1S/C6H12N2/c7-6-4-2-1-3-5-8-6/h4,8H,1-3,5,7H2. The van der Waals surface area contributed by atoms with E-state index in [1.54, 1.807) is 0 Å². The molecule has 0 amide bonds. The van der Waals surface area contributed by atoms with Crippen molar-refractivity contribution in [3.8, 4) is 0 Å². The molecule has 0 aromatic carbocycles. The molecule has 8 heavy (non-hydrogen) atoms. The summed E-state index contributed by atoms with van der Waals surface area (Å²) in [6.45, 7) is 1.04. The Labute approximate surface area is 49.8 Å². The Bertz CT molecular complexity index is 96.7. The van der Waals surface area contributed by atoms with Crippen LogP contribution in [0.3, 0.4) is 0 Å². The van der Waals surface area contributed by atoms with Crippen LogP contribution in [0.25, 0.3) is 0 Å². The first-order valence-corrected chi connectivity index (χ1v) is 3.09. The van der Waals surface area contributed by atoms with E-state index in [1.807, 2.05) is 6.08 Å². The van der Waals surface area contributed by atoms with E-state index < -0.39 is 0 Å². The predicted octanol–water partition coefficient (Wildman–Crippen LogP) is 0.560. The lowest BCUT2D eigenvalue weighted by Crippen LogP contribution is -2.19. The van der Waals surface area contributed by atoms with Crippen LogP contribution in [0.15, 0.2) is 11.9 Å². The Balaban J connectivity index is 2.36. The monoisotopic (exact) mass is 112 g/mol. The highest BCUT2D eigenvalue weighted by molar-refractivity contribution is 4.95. The molecule has 0 fully saturated rings. The van der Waals surface area contributed by atoms with Crippen molar-refractivity contribution in [2.75, 3.05) is 6.54 Å². The van der Waals surface area contributed by atoms with Crippen LogP contribution in [-0.2, 0) is 0 Å². The summed E-state index contributed by atoms with van der Waals surface area (Å²) in [6.07, 6.45) is 5.71. The van der Waals surface area contributed by atoms with Gasteiger partial charge in [-0.25, -0.2) is 0 Å². The lowest BCUT2D eigenvalue weighted by molar-refractivity contribution is 0.714. The molecular formula is C6H12N2. The number of hydrogen-bond donors (Lipinski definition) is 2. The first kappa shape index (κ1) is 5.48. The molecule has 0 saturated heterocycles. The molecular weight excluding hydrogens is 100 g/mol. The number of nitrogens with two attached hydrogens (primary N) is 1. The molecule has 1 rings (SSSR count). The zero-order valence-electron chi connectivity index (χ0n) is 4.98. The van der Waals surface area contributed by atoms with Gasteiger partial charge in [-0.3, -0.25) is 0 Å². The van der Waals surface area contributed by atoms with E-state index in [4.69, 9.17) is 5.73 Å². The lowest BCUT2D eigenvalue weighted by Gasteiger charge is -1.98. The number of allylic oxidation sites excluding steroid dienone is 1. The van der Waals surface area contributed by atoms with Crippen molar-refractivity contribution in [1.82, 2.24) is 5.32 Å². The van der Waals surface area contributed by atoms with Gasteiger partial charge in [-0.2, -0.15) is 0 Å². The van der Waals surface area contributed by atoms with Crippen LogP contribution in [0, 0.1) is 0 Å². The summed E-state index contributed by atoms with van der Waals surface area (Å²) in [7, 11) is 0. The maximum absolute atomic E-state index is 5.48. The molecule has 0 atom stereocenters. The van der Waals surface area contributed by atoms with Crippen LogP contribution in [0.5, 0.6) is 0 Å². The molecule has 0 radical (unpaired) electrons. The largest absolute Gasteiger partial charge is 0.386 e. The average Bonchev–Trinajstić information content (AvgIpc) is 1.94. The molecule has 0 spiro atoms. The highest BCUT2D eigenvalue weighted by Gasteiger charge is 1.93. The molecule has 0 aliphatic carbocycles. The maximum atomic E-state index is 5.48. The first-order chi connectivity index (χ1) is 3.89. The summed E-state index contributed by atoms with van der Waals surface area (Å²) < 4.78 is 0. The van der Waals surface area contributed by atoms with Crippen LogP contribution in [-0.4, -0.2) is 6.54 Å². The lowest BCUT2D eigenvalue weighted by atomic mass is 10.2. The Kier molecular flexibility index (Phi) is 1.78. The summed E-state index contributed by atoms with van der Waals surface area (Å²) in [5.41, 5.74) is 5.48. The van der Waals surface area contributed by atoms with Gasteiger partial charge in [0.05, 0.1) is 5.82 Å². The van der Waals surface area contributed by atoms with Crippen LogP contribution in [0.4, 0.5) is 0 Å². The summed E-state index contributed by atoms with van der Waals surface area (Å²) in [6, 6.07) is 0. The molecule has 46 valence electrons. The van der Waals surface area contributed by atoms with Crippen molar-refractivity contribution in [3.63, 3.8) is 0 Å². The Morgan fingerprint density at radius 3 is 3.25 bits per heavy atom. The summed E-state index contributed by atoms with van der Waals surface area (Å²) >= 11 is 0. The van der Waals surface area contributed by atoms with E-state index >= 15 is 0 Å². The van der Waals surface area contributed by atoms with Crippen LogP contribution >= 0.6 is 0 Å². The summed E-state index contributed by atoms with van der Waals surface area (Å²) in [5.74, 6) is 0.850. The fourth-order valence-electron chi connectivity index (χ4n) is 0.832. The quantitative estimate of drug-likeness (QED) is 0.480. The van der Waals surface area contributed by atoms with Crippen molar-refractivity contribution >= 4 is 0 Å². The SMILES string of the molecule is NC1=CCCCCN1. The number of rotatable bonds is 0. The highest BCUT2D eigenvalue weighted by Crippen LogP contribution is 2.00. The average molecular weight is 112 g/mol. The van der Waals surface area contributed by atoms with Gasteiger partial charge in [-0.1, -0.05) is 0 Å². The third kappa shape index (κ3) is 1.45. The van der Waals surface area contributed by atoms with Crippen molar-refractivity contribution in [2.24, 2.45) is 5.73 Å². The van der Waals surface area contributed by atoms with Gasteiger partial charge in [0, 0.05) is 6.54 Å². The van der Waals surface area contributed by atoms with E-state index in [9.17, 15) is 0 Å². The second-order valence-electron chi connectivity index (χ2n) is 2.08. The molecule has 0 saturated carbocycles. The Morgan fingerprint density at radius 1 is 1.50 bits per heavy atom. The van der Waals surface area contributed by atoms with Gasteiger partial charge in [-0.15, -0.1) is 0 Å². The van der Waals surface area contributed by atoms with Crippen molar-refractivity contribution in [2.45, 2.75) is 19.3 Å². The smallest absolute Gasteiger partial charge is 0.0918 e. The van der Waals surface area contributed by atoms with Crippen LogP contribution < -0.4 is 11.1 Å². The molecule has 1 aliphatic rings. The molecule has 2 heteroatoms. The highest BCUT2D eigenvalue weighted by atomic mass is 15.0. The topological polar surface area (TPSA) is 38.0 Å². The van der Waals surface area contributed by atoms with E-state index in [2.05, 4.69) is 5.32 Å². The van der Waals surface area contributed by atoms with Gasteiger partial charge in [0.15, 0.2) is 0 Å².